The van der Waals surface area contributed by atoms with E-state index < -0.39 is 10.0 Å². The van der Waals surface area contributed by atoms with Crippen LogP contribution in [-0.2, 0) is 16.6 Å². The van der Waals surface area contributed by atoms with Crippen LogP contribution in [0.4, 0.5) is 0 Å². The largest absolute Gasteiger partial charge is 0.493 e. The molecule has 0 bridgehead atoms. The number of nitrogens with zero attached hydrogens (tertiary/aromatic N) is 4. The Balaban J connectivity index is 1.77. The fourth-order valence-electron chi connectivity index (χ4n) is 4.80. The Morgan fingerprint density at radius 3 is 2.63 bits per heavy atom. The molecule has 2 heterocycles. The van der Waals surface area contributed by atoms with E-state index in [1.54, 1.807) is 36.9 Å². The van der Waals surface area contributed by atoms with Gasteiger partial charge in [-0.3, -0.25) is 9.48 Å². The molecule has 3 aromatic rings. The van der Waals surface area contributed by atoms with Crippen LogP contribution in [0.3, 0.4) is 0 Å². The van der Waals surface area contributed by atoms with Crippen LogP contribution in [0.15, 0.2) is 27.9 Å². The molecule has 9 nitrogen and oxygen atoms in total. The third-order valence-corrected chi connectivity index (χ3v) is 8.50. The van der Waals surface area contributed by atoms with Gasteiger partial charge in [0, 0.05) is 20.1 Å². The van der Waals surface area contributed by atoms with E-state index in [0.29, 0.717) is 53.7 Å². The van der Waals surface area contributed by atoms with Crippen LogP contribution in [-0.4, -0.2) is 52.7 Å². The molecule has 35 heavy (non-hydrogen) atoms. The second-order valence-corrected chi connectivity index (χ2v) is 11.4. The molecule has 10 heteroatoms. The van der Waals surface area contributed by atoms with Crippen molar-refractivity contribution in [2.45, 2.75) is 70.7 Å². The summed E-state index contributed by atoms with van der Waals surface area (Å²) in [6.07, 6.45) is 6.44. The lowest BCUT2D eigenvalue weighted by Crippen LogP contribution is -2.32. The minimum Gasteiger partial charge on any atom is -0.493 e. The number of rotatable bonds is 9. The third kappa shape index (κ3) is 5.13. The van der Waals surface area contributed by atoms with Crippen LogP contribution in [0, 0.1) is 12.8 Å². The number of H-pyrrole nitrogens is 1. The highest BCUT2D eigenvalue weighted by molar-refractivity contribution is 7.89. The predicted molar refractivity (Wildman–Crippen MR) is 136 cm³/mol. The zero-order valence-corrected chi connectivity index (χ0v) is 21.8. The summed E-state index contributed by atoms with van der Waals surface area (Å²) in [6, 6.07) is 4.78. The average molecular weight is 502 g/mol. The summed E-state index contributed by atoms with van der Waals surface area (Å²) in [4.78, 5) is 20.6. The van der Waals surface area contributed by atoms with Gasteiger partial charge in [-0.05, 0) is 57.2 Å². The maximum absolute atomic E-state index is 13.5. The quantitative estimate of drug-likeness (QED) is 0.473. The number of ether oxygens (including phenoxy) is 1. The summed E-state index contributed by atoms with van der Waals surface area (Å²) in [6.45, 7) is 7.21. The lowest BCUT2D eigenvalue weighted by molar-refractivity contribution is 0.300. The van der Waals surface area contributed by atoms with Crippen molar-refractivity contribution in [1.82, 2.24) is 24.1 Å². The molecule has 1 aliphatic rings. The van der Waals surface area contributed by atoms with Crippen molar-refractivity contribution in [2.24, 2.45) is 5.92 Å². The van der Waals surface area contributed by atoms with Gasteiger partial charge >= 0.3 is 0 Å². The smallest absolute Gasteiger partial charge is 0.277 e. The van der Waals surface area contributed by atoms with Gasteiger partial charge in [0.15, 0.2) is 5.52 Å². The zero-order chi connectivity index (χ0) is 25.2. The van der Waals surface area contributed by atoms with E-state index in [9.17, 15) is 13.2 Å². The minimum atomic E-state index is -3.73. The molecule has 0 saturated heterocycles. The molecule has 190 valence electrons. The van der Waals surface area contributed by atoms with Gasteiger partial charge in [0.1, 0.15) is 17.1 Å². The highest BCUT2D eigenvalue weighted by atomic mass is 32.2. The van der Waals surface area contributed by atoms with Gasteiger partial charge in [-0.15, -0.1) is 0 Å². The van der Waals surface area contributed by atoms with Gasteiger partial charge in [0.25, 0.3) is 5.56 Å². The first-order chi connectivity index (χ1) is 16.8. The Bertz CT molecular complexity index is 1360. The molecule has 1 aromatic carbocycles. The number of nitrogens with one attached hydrogen (secondary N) is 1. The average Bonchev–Trinajstić information content (AvgIpc) is 3.19. The molecule has 0 radical (unpaired) electrons. The Morgan fingerprint density at radius 1 is 1.20 bits per heavy atom. The molecule has 0 amide bonds. The van der Waals surface area contributed by atoms with E-state index in [-0.39, 0.29) is 16.3 Å². The summed E-state index contributed by atoms with van der Waals surface area (Å²) < 4.78 is 35.9. The lowest BCUT2D eigenvalue weighted by Gasteiger charge is -2.26. The number of fused-ring (bicyclic) bond motifs is 1. The van der Waals surface area contributed by atoms with Crippen LogP contribution in [0.5, 0.6) is 5.75 Å². The Hall–Kier alpha value is -2.72. The van der Waals surface area contributed by atoms with Gasteiger partial charge in [0.05, 0.1) is 22.8 Å². The van der Waals surface area contributed by atoms with Crippen molar-refractivity contribution in [3.05, 3.63) is 34.2 Å². The number of hydrogen-bond acceptors (Lipinski definition) is 6. The number of hydrogen-bond donors (Lipinski definition) is 1. The van der Waals surface area contributed by atoms with Crippen molar-refractivity contribution in [3.8, 4) is 17.1 Å². The van der Waals surface area contributed by atoms with Crippen LogP contribution in [0.2, 0.25) is 0 Å². The molecule has 4 rings (SSSR count). The molecule has 1 fully saturated rings. The number of aromatic amines is 1. The zero-order valence-electron chi connectivity index (χ0n) is 21.0. The summed E-state index contributed by atoms with van der Waals surface area (Å²) in [7, 11) is -2.09. The summed E-state index contributed by atoms with van der Waals surface area (Å²) in [5.41, 5.74) is 1.65. The fourth-order valence-corrected chi connectivity index (χ4v) is 6.07. The van der Waals surface area contributed by atoms with Crippen molar-refractivity contribution < 1.29 is 13.2 Å². The highest BCUT2D eigenvalue weighted by Crippen LogP contribution is 2.33. The van der Waals surface area contributed by atoms with E-state index in [4.69, 9.17) is 4.74 Å². The summed E-state index contributed by atoms with van der Waals surface area (Å²) in [5.74, 6) is 1.12. The van der Waals surface area contributed by atoms with Crippen LogP contribution < -0.4 is 10.3 Å². The second kappa shape index (κ2) is 10.5. The Labute approximate surface area is 206 Å². The van der Waals surface area contributed by atoms with Gasteiger partial charge in [-0.2, -0.15) is 5.10 Å². The fraction of sp³-hybridized carbons (Fsp3) is 0.560. The highest BCUT2D eigenvalue weighted by Gasteiger charge is 2.27. The first-order valence-electron chi connectivity index (χ1n) is 12.5. The van der Waals surface area contributed by atoms with E-state index in [0.717, 1.165) is 32.1 Å². The monoisotopic (exact) mass is 501 g/mol. The first-order valence-corrected chi connectivity index (χ1v) is 13.9. The van der Waals surface area contributed by atoms with E-state index >= 15 is 0 Å². The molecule has 1 aliphatic carbocycles. The van der Waals surface area contributed by atoms with Crippen LogP contribution >= 0.6 is 0 Å². The van der Waals surface area contributed by atoms with Crippen molar-refractivity contribution in [2.75, 3.05) is 20.2 Å². The standard InChI is InChI=1S/C25H35N5O4S/c1-5-14-34-21-13-12-19(35(32,33)29(4)16-18-10-8-7-9-11-18)15-20(21)24-26-22-17(3)28-30(6-2)23(22)25(31)27-24/h12-13,15,18H,5-11,14,16H2,1-4H3,(H,26,27,31). The van der Waals surface area contributed by atoms with Crippen molar-refractivity contribution in [1.29, 1.82) is 0 Å². The number of sulfonamides is 1. The van der Waals surface area contributed by atoms with E-state index in [1.165, 1.54) is 10.7 Å². The molecule has 2 aromatic heterocycles. The molecule has 0 atom stereocenters. The third-order valence-electron chi connectivity index (χ3n) is 6.68. The topological polar surface area (TPSA) is 110 Å². The van der Waals surface area contributed by atoms with Gasteiger partial charge < -0.3 is 9.72 Å². The number of aryl methyl sites for hydroxylation is 2. The molecule has 0 aliphatic heterocycles. The van der Waals surface area contributed by atoms with E-state index in [1.807, 2.05) is 13.8 Å². The number of aromatic nitrogens is 4. The Morgan fingerprint density at radius 2 is 1.94 bits per heavy atom. The molecular weight excluding hydrogens is 466 g/mol. The summed E-state index contributed by atoms with van der Waals surface area (Å²) in [5, 5.41) is 4.41. The maximum Gasteiger partial charge on any atom is 0.277 e. The lowest BCUT2D eigenvalue weighted by atomic mass is 9.89. The second-order valence-electron chi connectivity index (χ2n) is 9.31. The minimum absolute atomic E-state index is 0.151. The van der Waals surface area contributed by atoms with Crippen molar-refractivity contribution >= 4 is 21.1 Å². The van der Waals surface area contributed by atoms with Gasteiger partial charge in [-0.25, -0.2) is 17.7 Å². The van der Waals surface area contributed by atoms with E-state index in [2.05, 4.69) is 15.1 Å². The molecular formula is C25H35N5O4S. The van der Waals surface area contributed by atoms with Crippen LogP contribution in [0.25, 0.3) is 22.4 Å². The van der Waals surface area contributed by atoms with Crippen LogP contribution in [0.1, 0.15) is 58.1 Å². The first kappa shape index (κ1) is 25.4. The van der Waals surface area contributed by atoms with Crippen molar-refractivity contribution in [3.63, 3.8) is 0 Å². The SMILES string of the molecule is CCCOc1ccc(S(=O)(=O)N(C)CC2CCCCC2)cc1-c1nc2c(C)nn(CC)c2c(=O)[nH]1. The molecule has 0 spiro atoms. The molecule has 1 N–H and O–H groups in total. The van der Waals surface area contributed by atoms with Gasteiger partial charge in [0.2, 0.25) is 10.0 Å². The Kier molecular flexibility index (Phi) is 7.61. The normalized spacial score (nSPS) is 15.2. The summed E-state index contributed by atoms with van der Waals surface area (Å²) >= 11 is 0. The maximum atomic E-state index is 13.5. The molecule has 1 saturated carbocycles. The molecule has 0 unspecified atom stereocenters. The predicted octanol–water partition coefficient (Wildman–Crippen LogP) is 4.10. The number of benzene rings is 1. The van der Waals surface area contributed by atoms with Gasteiger partial charge in [-0.1, -0.05) is 26.2 Å².